The molecule has 2 N–H and O–H groups in total. The Morgan fingerprint density at radius 3 is 2.32 bits per heavy atom. The van der Waals surface area contributed by atoms with E-state index in [-0.39, 0.29) is 12.1 Å². The van der Waals surface area contributed by atoms with Gasteiger partial charge < -0.3 is 5.32 Å². The highest BCUT2D eigenvalue weighted by Crippen LogP contribution is 2.31. The number of nitrogens with one attached hydrogen (secondary N) is 2. The van der Waals surface area contributed by atoms with E-state index in [9.17, 15) is 4.79 Å². The number of halogens is 1. The van der Waals surface area contributed by atoms with Crippen molar-refractivity contribution in [3.63, 3.8) is 0 Å². The lowest BCUT2D eigenvalue weighted by Gasteiger charge is -2.23. The molecule has 0 aromatic heterocycles. The van der Waals surface area contributed by atoms with E-state index in [0.29, 0.717) is 5.02 Å². The summed E-state index contributed by atoms with van der Waals surface area (Å²) in [5, 5.41) is 5.20. The normalized spacial score (nSPS) is 16.0. The molecule has 4 rings (SSSR count). The lowest BCUT2D eigenvalue weighted by atomic mass is 10.1. The van der Waals surface area contributed by atoms with Crippen LogP contribution in [0.4, 0.5) is 10.5 Å². The molecule has 1 atom stereocenters. The molecule has 1 aliphatic heterocycles. The van der Waals surface area contributed by atoms with Crippen molar-refractivity contribution in [3.8, 4) is 0 Å². The quantitative estimate of drug-likeness (QED) is 0.596. The zero-order chi connectivity index (χ0) is 19.5. The van der Waals surface area contributed by atoms with Gasteiger partial charge in [0.25, 0.3) is 0 Å². The van der Waals surface area contributed by atoms with E-state index in [1.165, 1.54) is 0 Å². The number of aryl methyl sites for hydroxylation is 1. The summed E-state index contributed by atoms with van der Waals surface area (Å²) in [6.45, 7) is 2.01. The van der Waals surface area contributed by atoms with Gasteiger partial charge in [0.2, 0.25) is 0 Å². The van der Waals surface area contributed by atoms with Crippen LogP contribution in [0, 0.1) is 6.92 Å². The van der Waals surface area contributed by atoms with E-state index >= 15 is 0 Å². The first kappa shape index (κ1) is 18.3. The summed E-state index contributed by atoms with van der Waals surface area (Å²) in [4.78, 5) is 13.0. The van der Waals surface area contributed by atoms with Gasteiger partial charge in [-0.15, -0.1) is 0 Å². The molecule has 140 valence electrons. The maximum Gasteiger partial charge on any atom is 0.340 e. The Kier molecular flexibility index (Phi) is 5.15. The number of hydrazine groups is 1. The van der Waals surface area contributed by atoms with Crippen molar-refractivity contribution < 1.29 is 4.79 Å². The Hall–Kier alpha value is -3.08. The van der Waals surface area contributed by atoms with Crippen LogP contribution in [0.3, 0.4) is 0 Å². The number of anilines is 1. The predicted octanol–water partition coefficient (Wildman–Crippen LogP) is 5.78. The Morgan fingerprint density at radius 2 is 1.64 bits per heavy atom. The second kappa shape index (κ2) is 7.89. The second-order valence-corrected chi connectivity index (χ2v) is 7.14. The van der Waals surface area contributed by atoms with Crippen LogP contribution in [0.1, 0.15) is 22.7 Å². The summed E-state index contributed by atoms with van der Waals surface area (Å²) in [6, 6.07) is 24.8. The number of hydrogen-bond acceptors (Lipinski definition) is 2. The number of carbonyl (C=O) groups is 1. The molecular weight excluding hydrogens is 370 g/mol. The third kappa shape index (κ3) is 3.93. The summed E-state index contributed by atoms with van der Waals surface area (Å²) >= 11 is 6.01. The minimum absolute atomic E-state index is 0.128. The van der Waals surface area contributed by atoms with Gasteiger partial charge in [-0.3, -0.25) is 0 Å². The van der Waals surface area contributed by atoms with E-state index in [2.05, 4.69) is 10.7 Å². The molecule has 3 aromatic rings. The molecule has 5 heteroatoms. The first-order valence-electron chi connectivity index (χ1n) is 9.07. The molecule has 28 heavy (non-hydrogen) atoms. The van der Waals surface area contributed by atoms with Crippen LogP contribution in [-0.4, -0.2) is 11.0 Å². The summed E-state index contributed by atoms with van der Waals surface area (Å²) in [5.74, 6) is 0. The van der Waals surface area contributed by atoms with Gasteiger partial charge in [0, 0.05) is 10.7 Å². The molecule has 0 saturated heterocycles. The smallest absolute Gasteiger partial charge is 0.306 e. The largest absolute Gasteiger partial charge is 0.340 e. The van der Waals surface area contributed by atoms with Crippen molar-refractivity contribution in [1.82, 2.24) is 10.4 Å². The summed E-state index contributed by atoms with van der Waals surface area (Å²) in [5.41, 5.74) is 7.99. The minimum atomic E-state index is -0.240. The van der Waals surface area contributed by atoms with Gasteiger partial charge in [-0.1, -0.05) is 71.8 Å². The number of rotatable bonds is 3. The Labute approximate surface area is 169 Å². The maximum atomic E-state index is 13.0. The zero-order valence-corrected chi connectivity index (χ0v) is 16.1. The van der Waals surface area contributed by atoms with Crippen LogP contribution in [-0.2, 0) is 0 Å². The molecule has 3 aromatic carbocycles. The molecule has 0 aliphatic carbocycles. The van der Waals surface area contributed by atoms with Gasteiger partial charge in [-0.2, -0.15) is 0 Å². The van der Waals surface area contributed by atoms with Crippen molar-refractivity contribution in [1.29, 1.82) is 0 Å². The highest BCUT2D eigenvalue weighted by molar-refractivity contribution is 6.30. The van der Waals surface area contributed by atoms with Gasteiger partial charge >= 0.3 is 6.03 Å². The SMILES string of the molecule is Cc1ccc(NC(=O)N2NC(c3ccc(Cl)cc3)C=C2c2ccccc2)cc1. The van der Waals surface area contributed by atoms with Crippen LogP contribution in [0.15, 0.2) is 84.9 Å². The van der Waals surface area contributed by atoms with E-state index in [1.807, 2.05) is 91.9 Å². The van der Waals surface area contributed by atoms with Gasteiger partial charge in [0.05, 0.1) is 11.7 Å². The Morgan fingerprint density at radius 1 is 0.964 bits per heavy atom. The van der Waals surface area contributed by atoms with Gasteiger partial charge in [-0.25, -0.2) is 15.2 Å². The molecule has 0 bridgehead atoms. The number of benzene rings is 3. The molecular formula is C23H20ClN3O. The highest BCUT2D eigenvalue weighted by Gasteiger charge is 2.29. The number of amides is 2. The van der Waals surface area contributed by atoms with Crippen molar-refractivity contribution in [2.75, 3.05) is 5.32 Å². The molecule has 2 amide bonds. The zero-order valence-electron chi connectivity index (χ0n) is 15.4. The number of hydrogen-bond donors (Lipinski definition) is 2. The van der Waals surface area contributed by atoms with Crippen LogP contribution >= 0.6 is 11.6 Å². The standard InChI is InChI=1S/C23H20ClN3O/c1-16-7-13-20(14-8-16)25-23(28)27-22(18-5-3-2-4-6-18)15-21(26-27)17-9-11-19(24)12-10-17/h2-15,21,26H,1H3,(H,25,28). The fourth-order valence-electron chi connectivity index (χ4n) is 3.14. The molecule has 0 fully saturated rings. The van der Waals surface area contributed by atoms with Crippen molar-refractivity contribution in [2.24, 2.45) is 0 Å². The molecule has 4 nitrogen and oxygen atoms in total. The molecule has 1 aliphatic rings. The highest BCUT2D eigenvalue weighted by atomic mass is 35.5. The molecule has 1 unspecified atom stereocenters. The summed E-state index contributed by atoms with van der Waals surface area (Å²) < 4.78 is 0. The van der Waals surface area contributed by atoms with Gasteiger partial charge in [0.15, 0.2) is 0 Å². The Balaban J connectivity index is 1.62. The lowest BCUT2D eigenvalue weighted by Crippen LogP contribution is -2.41. The van der Waals surface area contributed by atoms with Crippen LogP contribution in [0.5, 0.6) is 0 Å². The number of urea groups is 1. The molecule has 0 saturated carbocycles. The Bertz CT molecular complexity index is 998. The fraction of sp³-hybridized carbons (Fsp3) is 0.0870. The van der Waals surface area contributed by atoms with E-state index in [4.69, 9.17) is 11.6 Å². The van der Waals surface area contributed by atoms with Gasteiger partial charge in [0.1, 0.15) is 0 Å². The molecule has 1 heterocycles. The fourth-order valence-corrected chi connectivity index (χ4v) is 3.26. The summed E-state index contributed by atoms with van der Waals surface area (Å²) in [7, 11) is 0. The van der Waals surface area contributed by atoms with Crippen molar-refractivity contribution in [2.45, 2.75) is 13.0 Å². The number of nitrogens with zero attached hydrogens (tertiary/aromatic N) is 1. The molecule has 0 spiro atoms. The van der Waals surface area contributed by atoms with Crippen LogP contribution in [0.25, 0.3) is 5.70 Å². The maximum absolute atomic E-state index is 13.0. The average Bonchev–Trinajstić information content (AvgIpc) is 3.16. The first-order valence-corrected chi connectivity index (χ1v) is 9.44. The first-order chi connectivity index (χ1) is 13.6. The minimum Gasteiger partial charge on any atom is -0.306 e. The van der Waals surface area contributed by atoms with E-state index in [0.717, 1.165) is 28.1 Å². The lowest BCUT2D eigenvalue weighted by molar-refractivity contribution is 0.216. The van der Waals surface area contributed by atoms with Crippen LogP contribution in [0.2, 0.25) is 5.02 Å². The summed E-state index contributed by atoms with van der Waals surface area (Å²) in [6.07, 6.45) is 2.05. The van der Waals surface area contributed by atoms with E-state index in [1.54, 1.807) is 5.01 Å². The predicted molar refractivity (Wildman–Crippen MR) is 114 cm³/mol. The third-order valence-electron chi connectivity index (χ3n) is 4.64. The molecule has 0 radical (unpaired) electrons. The van der Waals surface area contributed by atoms with E-state index < -0.39 is 0 Å². The van der Waals surface area contributed by atoms with Crippen LogP contribution < -0.4 is 10.7 Å². The average molecular weight is 390 g/mol. The monoisotopic (exact) mass is 389 g/mol. The second-order valence-electron chi connectivity index (χ2n) is 6.71. The third-order valence-corrected chi connectivity index (χ3v) is 4.89. The van der Waals surface area contributed by atoms with Crippen molar-refractivity contribution in [3.05, 3.63) is 107 Å². The topological polar surface area (TPSA) is 44.4 Å². The van der Waals surface area contributed by atoms with Gasteiger partial charge in [-0.05, 0) is 48.4 Å². The van der Waals surface area contributed by atoms with Crippen molar-refractivity contribution >= 4 is 29.0 Å². The number of carbonyl (C=O) groups excluding carboxylic acids is 1.